The van der Waals surface area contributed by atoms with E-state index >= 15 is 0 Å². The van der Waals surface area contributed by atoms with Crippen molar-refractivity contribution in [1.82, 2.24) is 9.62 Å². The molecule has 0 aromatic carbocycles. The first kappa shape index (κ1) is 25.2. The molecule has 0 aromatic heterocycles. The van der Waals surface area contributed by atoms with Crippen molar-refractivity contribution in [3.05, 3.63) is 0 Å². The van der Waals surface area contributed by atoms with E-state index < -0.39 is 47.7 Å². The maximum Gasteiger partial charge on any atom is 0.303 e. The van der Waals surface area contributed by atoms with Crippen molar-refractivity contribution in [2.45, 2.75) is 71.3 Å². The number of carbonyl (C=O) groups is 4. The summed E-state index contributed by atoms with van der Waals surface area (Å²) in [4.78, 5) is 46.6. The summed E-state index contributed by atoms with van der Waals surface area (Å²) in [5, 5.41) is 2.74. The number of nitrogens with one attached hydrogen (secondary N) is 1. The van der Waals surface area contributed by atoms with Gasteiger partial charge in [0.05, 0.1) is 0 Å². The van der Waals surface area contributed by atoms with E-state index in [2.05, 4.69) is 5.32 Å². The van der Waals surface area contributed by atoms with Gasteiger partial charge < -0.3 is 24.3 Å². The standard InChI is InChI=1S/C18H30N2O8S/c1-7-20(8-2)29-18-15(19-10(3)21)17(27-13(6)24)16(26-12(5)23)14(28-18)9-25-11(4)22/h14-18H,7-9H2,1-6H3,(H,19,21)/t14-,15-,16-,17-,18+/m1/s1. The van der Waals surface area contributed by atoms with E-state index in [1.807, 2.05) is 18.2 Å². The molecule has 1 saturated heterocycles. The van der Waals surface area contributed by atoms with Crippen LogP contribution in [-0.4, -0.2) is 77.6 Å². The zero-order valence-electron chi connectivity index (χ0n) is 17.6. The second kappa shape index (κ2) is 12.0. The topological polar surface area (TPSA) is 120 Å². The van der Waals surface area contributed by atoms with Gasteiger partial charge in [0, 0.05) is 40.8 Å². The highest BCUT2D eigenvalue weighted by Crippen LogP contribution is 2.33. The molecule has 0 saturated carbocycles. The summed E-state index contributed by atoms with van der Waals surface area (Å²) >= 11 is 1.33. The SMILES string of the molecule is CCN(CC)S[C@@H]1O[C@H](COC(C)=O)[C@@H](OC(C)=O)[C@H](OC(C)=O)[C@H]1NC(C)=O. The summed E-state index contributed by atoms with van der Waals surface area (Å²) in [5.41, 5.74) is -0.671. The van der Waals surface area contributed by atoms with Crippen LogP contribution in [0, 0.1) is 0 Å². The molecule has 0 bridgehead atoms. The summed E-state index contributed by atoms with van der Waals surface area (Å²) in [6.45, 7) is 10.1. The zero-order valence-corrected chi connectivity index (χ0v) is 18.4. The van der Waals surface area contributed by atoms with Crippen LogP contribution in [0.2, 0.25) is 0 Å². The highest BCUT2D eigenvalue weighted by Gasteiger charge is 2.51. The smallest absolute Gasteiger partial charge is 0.303 e. The first-order chi connectivity index (χ1) is 13.6. The van der Waals surface area contributed by atoms with Gasteiger partial charge in [0.1, 0.15) is 24.2 Å². The molecular weight excluding hydrogens is 404 g/mol. The first-order valence-corrected chi connectivity index (χ1v) is 10.2. The van der Waals surface area contributed by atoms with E-state index in [0.29, 0.717) is 13.1 Å². The van der Waals surface area contributed by atoms with Crippen molar-refractivity contribution in [1.29, 1.82) is 0 Å². The molecule has 5 atom stereocenters. The molecule has 1 amide bonds. The number of nitrogens with zero attached hydrogens (tertiary/aromatic N) is 1. The molecule has 0 aliphatic carbocycles. The molecule has 29 heavy (non-hydrogen) atoms. The van der Waals surface area contributed by atoms with Crippen LogP contribution in [0.1, 0.15) is 41.5 Å². The number of carbonyl (C=O) groups excluding carboxylic acids is 4. The molecule has 1 heterocycles. The van der Waals surface area contributed by atoms with Gasteiger partial charge in [-0.25, -0.2) is 4.31 Å². The number of hydrogen-bond acceptors (Lipinski definition) is 10. The third-order valence-electron chi connectivity index (χ3n) is 4.03. The first-order valence-electron chi connectivity index (χ1n) is 9.41. The molecule has 11 heteroatoms. The molecule has 0 unspecified atom stereocenters. The molecule has 1 fully saturated rings. The van der Waals surface area contributed by atoms with Crippen LogP contribution in [0.4, 0.5) is 0 Å². The fourth-order valence-electron chi connectivity index (χ4n) is 2.90. The Hall–Kier alpha value is -1.85. The lowest BCUT2D eigenvalue weighted by Crippen LogP contribution is -2.65. The Morgan fingerprint density at radius 3 is 1.93 bits per heavy atom. The summed E-state index contributed by atoms with van der Waals surface area (Å²) < 4.78 is 23.9. The maximum atomic E-state index is 11.8. The van der Waals surface area contributed by atoms with Gasteiger partial charge in [-0.05, 0) is 11.9 Å². The Morgan fingerprint density at radius 2 is 1.48 bits per heavy atom. The number of esters is 3. The fourth-order valence-corrected chi connectivity index (χ4v) is 4.04. The second-order valence-electron chi connectivity index (χ2n) is 6.44. The normalized spacial score (nSPS) is 26.5. The molecule has 166 valence electrons. The number of ether oxygens (including phenoxy) is 4. The molecule has 1 N–H and O–H groups in total. The minimum absolute atomic E-state index is 0.201. The minimum Gasteiger partial charge on any atom is -0.463 e. The average molecular weight is 435 g/mol. The lowest BCUT2D eigenvalue weighted by atomic mass is 9.97. The van der Waals surface area contributed by atoms with Gasteiger partial charge in [0.25, 0.3) is 0 Å². The minimum atomic E-state index is -1.07. The third-order valence-corrected chi connectivity index (χ3v) is 5.46. The number of amides is 1. The van der Waals surface area contributed by atoms with E-state index in [4.69, 9.17) is 18.9 Å². The molecule has 1 aliphatic heterocycles. The van der Waals surface area contributed by atoms with Gasteiger partial charge in [-0.3, -0.25) is 19.2 Å². The summed E-state index contributed by atoms with van der Waals surface area (Å²) in [7, 11) is 0. The van der Waals surface area contributed by atoms with Crippen molar-refractivity contribution >= 4 is 35.8 Å². The van der Waals surface area contributed by atoms with Crippen molar-refractivity contribution in [3.63, 3.8) is 0 Å². The predicted molar refractivity (Wildman–Crippen MR) is 105 cm³/mol. The van der Waals surface area contributed by atoms with E-state index in [-0.39, 0.29) is 12.5 Å². The lowest BCUT2D eigenvalue weighted by molar-refractivity contribution is -0.212. The van der Waals surface area contributed by atoms with Crippen LogP contribution < -0.4 is 5.32 Å². The summed E-state index contributed by atoms with van der Waals surface area (Å²) in [6.07, 6.45) is -2.98. The number of hydrogen-bond donors (Lipinski definition) is 1. The van der Waals surface area contributed by atoms with E-state index in [9.17, 15) is 19.2 Å². The van der Waals surface area contributed by atoms with Crippen molar-refractivity contribution in [2.24, 2.45) is 0 Å². The molecule has 1 rings (SSSR count). The third kappa shape index (κ3) is 8.19. The van der Waals surface area contributed by atoms with Gasteiger partial charge in [0.15, 0.2) is 12.2 Å². The van der Waals surface area contributed by atoms with Gasteiger partial charge in [-0.1, -0.05) is 13.8 Å². The van der Waals surface area contributed by atoms with Crippen LogP contribution in [-0.2, 0) is 38.1 Å². The van der Waals surface area contributed by atoms with Crippen molar-refractivity contribution in [3.8, 4) is 0 Å². The van der Waals surface area contributed by atoms with Gasteiger partial charge >= 0.3 is 17.9 Å². The number of rotatable bonds is 9. The highest BCUT2D eigenvalue weighted by atomic mass is 32.2. The quantitative estimate of drug-likeness (QED) is 0.314. The molecule has 10 nitrogen and oxygen atoms in total. The van der Waals surface area contributed by atoms with Crippen molar-refractivity contribution < 1.29 is 38.1 Å². The maximum absolute atomic E-state index is 11.8. The lowest BCUT2D eigenvalue weighted by Gasteiger charge is -2.45. The Kier molecular flexibility index (Phi) is 10.4. The van der Waals surface area contributed by atoms with Crippen LogP contribution in [0.15, 0.2) is 0 Å². The molecule has 1 aliphatic rings. The van der Waals surface area contributed by atoms with Crippen LogP contribution in [0.3, 0.4) is 0 Å². The highest BCUT2D eigenvalue weighted by molar-refractivity contribution is 7.97. The monoisotopic (exact) mass is 434 g/mol. The Bertz CT molecular complexity index is 598. The van der Waals surface area contributed by atoms with Crippen LogP contribution in [0.25, 0.3) is 0 Å². The molecule has 0 spiro atoms. The Morgan fingerprint density at radius 1 is 0.931 bits per heavy atom. The molecule has 0 aromatic rings. The second-order valence-corrected chi connectivity index (χ2v) is 7.63. The van der Waals surface area contributed by atoms with E-state index in [1.165, 1.54) is 39.6 Å². The van der Waals surface area contributed by atoms with Gasteiger partial charge in [0.2, 0.25) is 5.91 Å². The fraction of sp³-hybridized carbons (Fsp3) is 0.778. The zero-order chi connectivity index (χ0) is 22.1. The van der Waals surface area contributed by atoms with Crippen molar-refractivity contribution in [2.75, 3.05) is 19.7 Å². The van der Waals surface area contributed by atoms with E-state index in [1.54, 1.807) is 0 Å². The Balaban J connectivity index is 3.31. The average Bonchev–Trinajstić information content (AvgIpc) is 2.61. The van der Waals surface area contributed by atoms with Crippen LogP contribution in [0.5, 0.6) is 0 Å². The van der Waals surface area contributed by atoms with Gasteiger partial charge in [-0.15, -0.1) is 0 Å². The predicted octanol–water partition coefficient (Wildman–Crippen LogP) is 0.633. The van der Waals surface area contributed by atoms with Crippen LogP contribution >= 0.6 is 11.9 Å². The largest absolute Gasteiger partial charge is 0.463 e. The van der Waals surface area contributed by atoms with E-state index in [0.717, 1.165) is 0 Å². The Labute approximate surface area is 175 Å². The summed E-state index contributed by atoms with van der Waals surface area (Å²) in [6, 6.07) is -0.792. The molecular formula is C18H30N2O8S. The molecule has 0 radical (unpaired) electrons. The summed E-state index contributed by atoms with van der Waals surface area (Å²) in [5.74, 6) is -2.13. The van der Waals surface area contributed by atoms with Gasteiger partial charge in [-0.2, -0.15) is 0 Å².